The summed E-state index contributed by atoms with van der Waals surface area (Å²) >= 11 is 11.8. The van der Waals surface area contributed by atoms with Gasteiger partial charge in [0.25, 0.3) is 0 Å². The molecule has 0 aromatic heterocycles. The zero-order valence-corrected chi connectivity index (χ0v) is 12.1. The van der Waals surface area contributed by atoms with Crippen LogP contribution in [0.15, 0.2) is 18.2 Å². The van der Waals surface area contributed by atoms with Gasteiger partial charge in [0.1, 0.15) is 12.6 Å². The second-order valence-electron chi connectivity index (χ2n) is 4.81. The molecule has 6 heteroatoms. The molecule has 0 bridgehead atoms. The lowest BCUT2D eigenvalue weighted by molar-refractivity contribution is -0.132. The van der Waals surface area contributed by atoms with Crippen LogP contribution in [0.4, 0.5) is 5.69 Å². The van der Waals surface area contributed by atoms with Gasteiger partial charge in [-0.05, 0) is 24.1 Å². The summed E-state index contributed by atoms with van der Waals surface area (Å²) in [7, 11) is 0. The van der Waals surface area contributed by atoms with E-state index in [1.165, 1.54) is 4.90 Å². The van der Waals surface area contributed by atoms with Crippen LogP contribution in [0.5, 0.6) is 0 Å². The Morgan fingerprint density at radius 2 is 1.95 bits per heavy atom. The summed E-state index contributed by atoms with van der Waals surface area (Å²) < 4.78 is 0. The van der Waals surface area contributed by atoms with Crippen molar-refractivity contribution >= 4 is 40.7 Å². The van der Waals surface area contributed by atoms with E-state index in [1.807, 2.05) is 13.8 Å². The van der Waals surface area contributed by atoms with Gasteiger partial charge in [0.15, 0.2) is 0 Å². The fourth-order valence-electron chi connectivity index (χ4n) is 1.99. The summed E-state index contributed by atoms with van der Waals surface area (Å²) in [4.78, 5) is 25.5. The zero-order valence-electron chi connectivity index (χ0n) is 10.6. The van der Waals surface area contributed by atoms with Gasteiger partial charge in [-0.15, -0.1) is 0 Å². The molecule has 2 rings (SSSR count). The van der Waals surface area contributed by atoms with Crippen LogP contribution in [0.25, 0.3) is 0 Å². The highest BCUT2D eigenvalue weighted by Crippen LogP contribution is 2.28. The minimum atomic E-state index is -0.504. The normalized spacial score (nSPS) is 19.8. The van der Waals surface area contributed by atoms with Gasteiger partial charge in [-0.2, -0.15) is 0 Å². The number of hydrogen-bond acceptors (Lipinski definition) is 2. The lowest BCUT2D eigenvalue weighted by atomic mass is 10.0. The van der Waals surface area contributed by atoms with Crippen molar-refractivity contribution in [1.29, 1.82) is 0 Å². The molecule has 1 aliphatic heterocycles. The Labute approximate surface area is 121 Å². The van der Waals surface area contributed by atoms with Gasteiger partial charge in [-0.3, -0.25) is 9.59 Å². The number of piperazine rings is 1. The molecule has 0 spiro atoms. The Bertz CT molecular complexity index is 531. The molecule has 1 aliphatic rings. The summed E-state index contributed by atoms with van der Waals surface area (Å²) in [5.41, 5.74) is 0.583. The number of halogens is 2. The Morgan fingerprint density at radius 1 is 1.26 bits per heavy atom. The first-order valence-electron chi connectivity index (χ1n) is 5.96. The number of nitrogens with one attached hydrogen (secondary N) is 1. The maximum absolute atomic E-state index is 12.3. The molecule has 1 heterocycles. The van der Waals surface area contributed by atoms with E-state index in [9.17, 15) is 9.59 Å². The first-order chi connectivity index (χ1) is 8.90. The highest BCUT2D eigenvalue weighted by Gasteiger charge is 2.35. The molecular weight excluding hydrogens is 287 g/mol. The minimum Gasteiger partial charge on any atom is -0.342 e. The minimum absolute atomic E-state index is 0.0000145. The van der Waals surface area contributed by atoms with Gasteiger partial charge in [0.2, 0.25) is 11.8 Å². The molecule has 1 fully saturated rings. The van der Waals surface area contributed by atoms with Crippen LogP contribution in [-0.2, 0) is 9.59 Å². The first-order valence-corrected chi connectivity index (χ1v) is 6.71. The predicted octanol–water partition coefficient (Wildman–Crippen LogP) is 2.48. The van der Waals surface area contributed by atoms with Crippen molar-refractivity contribution in [3.63, 3.8) is 0 Å². The molecule has 1 aromatic rings. The van der Waals surface area contributed by atoms with Crippen molar-refractivity contribution in [3.8, 4) is 0 Å². The van der Waals surface area contributed by atoms with Crippen molar-refractivity contribution in [2.24, 2.45) is 5.92 Å². The fourth-order valence-corrected chi connectivity index (χ4v) is 2.29. The Morgan fingerprint density at radius 3 is 2.53 bits per heavy atom. The summed E-state index contributed by atoms with van der Waals surface area (Å²) in [6.45, 7) is 3.78. The second kappa shape index (κ2) is 5.39. The SMILES string of the molecule is CC(C)C1NC(=O)CN(c2ccc(Cl)c(Cl)c2)C1=O. The number of hydrogen-bond donors (Lipinski definition) is 1. The zero-order chi connectivity index (χ0) is 14.2. The van der Waals surface area contributed by atoms with Gasteiger partial charge in [0, 0.05) is 5.69 Å². The topological polar surface area (TPSA) is 49.4 Å². The van der Waals surface area contributed by atoms with E-state index in [2.05, 4.69) is 5.32 Å². The van der Waals surface area contributed by atoms with Crippen molar-refractivity contribution in [2.75, 3.05) is 11.4 Å². The van der Waals surface area contributed by atoms with Crippen LogP contribution in [-0.4, -0.2) is 24.4 Å². The number of rotatable bonds is 2. The molecule has 0 radical (unpaired) electrons. The van der Waals surface area contributed by atoms with Crippen molar-refractivity contribution in [1.82, 2.24) is 5.32 Å². The Balaban J connectivity index is 2.34. The molecule has 1 saturated heterocycles. The highest BCUT2D eigenvalue weighted by molar-refractivity contribution is 6.42. The average molecular weight is 301 g/mol. The van der Waals surface area contributed by atoms with Crippen LogP contribution < -0.4 is 10.2 Å². The largest absolute Gasteiger partial charge is 0.342 e. The van der Waals surface area contributed by atoms with Gasteiger partial charge in [0.05, 0.1) is 10.0 Å². The average Bonchev–Trinajstić information content (AvgIpc) is 2.35. The third-order valence-corrected chi connectivity index (χ3v) is 3.77. The molecule has 0 saturated carbocycles. The van der Waals surface area contributed by atoms with Crippen molar-refractivity contribution in [2.45, 2.75) is 19.9 Å². The second-order valence-corrected chi connectivity index (χ2v) is 5.63. The molecule has 19 heavy (non-hydrogen) atoms. The van der Waals surface area contributed by atoms with Gasteiger partial charge >= 0.3 is 0 Å². The first kappa shape index (κ1) is 14.2. The van der Waals surface area contributed by atoms with Crippen molar-refractivity contribution < 1.29 is 9.59 Å². The summed E-state index contributed by atoms with van der Waals surface area (Å²) in [6, 6.07) is 4.39. The smallest absolute Gasteiger partial charge is 0.250 e. The predicted molar refractivity (Wildman–Crippen MR) is 75.6 cm³/mol. The van der Waals surface area contributed by atoms with Crippen LogP contribution in [0, 0.1) is 5.92 Å². The third-order valence-electron chi connectivity index (χ3n) is 3.03. The van der Waals surface area contributed by atoms with Crippen LogP contribution in [0.3, 0.4) is 0 Å². The van der Waals surface area contributed by atoms with Crippen LogP contribution in [0.2, 0.25) is 10.0 Å². The van der Waals surface area contributed by atoms with Crippen LogP contribution >= 0.6 is 23.2 Å². The summed E-state index contributed by atoms with van der Waals surface area (Å²) in [5, 5.41) is 3.48. The monoisotopic (exact) mass is 300 g/mol. The molecule has 2 amide bonds. The number of carbonyl (C=O) groups is 2. The number of amides is 2. The number of carbonyl (C=O) groups excluding carboxylic acids is 2. The lowest BCUT2D eigenvalue weighted by Gasteiger charge is -2.34. The number of nitrogens with zero attached hydrogens (tertiary/aromatic N) is 1. The quantitative estimate of drug-likeness (QED) is 0.912. The van der Waals surface area contributed by atoms with Gasteiger partial charge < -0.3 is 10.2 Å². The fraction of sp³-hybridized carbons (Fsp3) is 0.385. The van der Waals surface area contributed by atoms with Crippen LogP contribution in [0.1, 0.15) is 13.8 Å². The summed E-state index contributed by atoms with van der Waals surface area (Å²) in [6.07, 6.45) is 0. The summed E-state index contributed by atoms with van der Waals surface area (Å²) in [5.74, 6) is -0.278. The molecule has 0 aliphatic carbocycles. The standard InChI is InChI=1S/C13H14Cl2N2O2/c1-7(2)12-13(19)17(6-11(18)16-12)8-3-4-9(14)10(15)5-8/h3-5,7,12H,6H2,1-2H3,(H,16,18). The highest BCUT2D eigenvalue weighted by atomic mass is 35.5. The molecule has 102 valence electrons. The lowest BCUT2D eigenvalue weighted by Crippen LogP contribution is -2.60. The number of benzene rings is 1. The molecule has 1 unspecified atom stereocenters. The molecule has 1 N–H and O–H groups in total. The van der Waals surface area contributed by atoms with E-state index < -0.39 is 6.04 Å². The molecular formula is C13H14Cl2N2O2. The maximum atomic E-state index is 12.3. The maximum Gasteiger partial charge on any atom is 0.250 e. The van der Waals surface area contributed by atoms with Gasteiger partial charge in [-0.1, -0.05) is 37.0 Å². The van der Waals surface area contributed by atoms with E-state index in [-0.39, 0.29) is 24.3 Å². The van der Waals surface area contributed by atoms with E-state index in [0.717, 1.165) is 0 Å². The van der Waals surface area contributed by atoms with E-state index in [0.29, 0.717) is 15.7 Å². The van der Waals surface area contributed by atoms with E-state index in [1.54, 1.807) is 18.2 Å². The van der Waals surface area contributed by atoms with Crippen molar-refractivity contribution in [3.05, 3.63) is 28.2 Å². The molecule has 4 nitrogen and oxygen atoms in total. The number of anilines is 1. The Hall–Kier alpha value is -1.26. The van der Waals surface area contributed by atoms with Gasteiger partial charge in [-0.25, -0.2) is 0 Å². The molecule has 1 atom stereocenters. The third kappa shape index (κ3) is 2.85. The van der Waals surface area contributed by atoms with E-state index >= 15 is 0 Å². The Kier molecular flexibility index (Phi) is 4.02. The van der Waals surface area contributed by atoms with E-state index in [4.69, 9.17) is 23.2 Å². The molecule has 1 aromatic carbocycles.